The lowest BCUT2D eigenvalue weighted by molar-refractivity contribution is -0.136. The molecule has 0 radical (unpaired) electrons. The zero-order valence-corrected chi connectivity index (χ0v) is 13.1. The van der Waals surface area contributed by atoms with Gasteiger partial charge in [0.15, 0.2) is 0 Å². The third-order valence-electron chi connectivity index (χ3n) is 4.43. The molecule has 3 heterocycles. The molecule has 2 aromatic heterocycles. The Morgan fingerprint density at radius 3 is 2.91 bits per heavy atom. The number of carbonyl (C=O) groups excluding carboxylic acids is 1. The molecule has 1 aliphatic rings. The molecule has 3 rings (SSSR count). The third-order valence-corrected chi connectivity index (χ3v) is 4.43. The van der Waals surface area contributed by atoms with Crippen LogP contribution in [-0.4, -0.2) is 38.8 Å². The molecule has 7 nitrogen and oxygen atoms in total. The Hall–Kier alpha value is -2.15. The first-order chi connectivity index (χ1) is 10.6. The Kier molecular flexibility index (Phi) is 3.98. The molecule has 1 amide bonds. The molecule has 7 heteroatoms. The second kappa shape index (κ2) is 5.92. The lowest BCUT2D eigenvalue weighted by Gasteiger charge is -2.39. The molecule has 1 N–H and O–H groups in total. The highest BCUT2D eigenvalue weighted by Crippen LogP contribution is 2.30. The molecule has 0 spiro atoms. The maximum Gasteiger partial charge on any atom is 0.222 e. The molecule has 1 aliphatic heterocycles. The molecular formula is C15H21N5O2. The summed E-state index contributed by atoms with van der Waals surface area (Å²) in [6.07, 6.45) is 4.80. The largest absolute Gasteiger partial charge is 0.364 e. The SMILES string of the molecule is Cc1nocc1CN[C@@H]1CCC(=O)N(C)[C@H]1c1ccnn1C. The Morgan fingerprint density at radius 1 is 1.45 bits per heavy atom. The number of aromatic nitrogens is 3. The Morgan fingerprint density at radius 2 is 2.27 bits per heavy atom. The van der Waals surface area contributed by atoms with E-state index in [9.17, 15) is 4.79 Å². The minimum Gasteiger partial charge on any atom is -0.364 e. The topological polar surface area (TPSA) is 76.2 Å². The van der Waals surface area contributed by atoms with Crippen molar-refractivity contribution in [2.45, 2.75) is 38.4 Å². The molecule has 1 fully saturated rings. The van der Waals surface area contributed by atoms with Crippen molar-refractivity contribution in [3.63, 3.8) is 0 Å². The molecular weight excluding hydrogens is 282 g/mol. The summed E-state index contributed by atoms with van der Waals surface area (Å²) < 4.78 is 6.81. The van der Waals surface area contributed by atoms with Gasteiger partial charge in [-0.2, -0.15) is 5.10 Å². The Labute approximate surface area is 129 Å². The normalized spacial score (nSPS) is 22.3. The van der Waals surface area contributed by atoms with Crippen molar-refractivity contribution in [2.24, 2.45) is 7.05 Å². The number of carbonyl (C=O) groups is 1. The van der Waals surface area contributed by atoms with Crippen LogP contribution in [-0.2, 0) is 18.4 Å². The molecule has 118 valence electrons. The zero-order valence-electron chi connectivity index (χ0n) is 13.1. The molecule has 22 heavy (non-hydrogen) atoms. The monoisotopic (exact) mass is 303 g/mol. The number of piperidine rings is 1. The maximum atomic E-state index is 12.1. The standard InChI is InChI=1S/C15H21N5O2/c1-10-11(9-22-18-10)8-16-12-4-5-14(21)19(2)15(12)13-6-7-17-20(13)3/h6-7,9,12,15-16H,4-5,8H2,1-3H3/t12-,15-/m1/s1. The van der Waals surface area contributed by atoms with Gasteiger partial charge in [0, 0.05) is 44.9 Å². The van der Waals surface area contributed by atoms with E-state index >= 15 is 0 Å². The van der Waals surface area contributed by atoms with Gasteiger partial charge in [-0.1, -0.05) is 5.16 Å². The second-order valence-electron chi connectivity index (χ2n) is 5.78. The quantitative estimate of drug-likeness (QED) is 0.917. The van der Waals surface area contributed by atoms with Gasteiger partial charge >= 0.3 is 0 Å². The van der Waals surface area contributed by atoms with Crippen molar-refractivity contribution in [3.05, 3.63) is 35.5 Å². The minimum absolute atomic E-state index is 0.0195. The first-order valence-electron chi connectivity index (χ1n) is 7.44. The number of nitrogens with zero attached hydrogens (tertiary/aromatic N) is 4. The summed E-state index contributed by atoms with van der Waals surface area (Å²) in [5, 5.41) is 11.7. The van der Waals surface area contributed by atoms with Crippen LogP contribution >= 0.6 is 0 Å². The van der Waals surface area contributed by atoms with Crippen LogP contribution in [0.1, 0.15) is 35.8 Å². The van der Waals surface area contributed by atoms with E-state index in [1.54, 1.807) is 12.5 Å². The van der Waals surface area contributed by atoms with Gasteiger partial charge in [-0.15, -0.1) is 0 Å². The maximum absolute atomic E-state index is 12.1. The predicted molar refractivity (Wildman–Crippen MR) is 79.8 cm³/mol. The van der Waals surface area contributed by atoms with Gasteiger partial charge in [0.05, 0.1) is 17.4 Å². The van der Waals surface area contributed by atoms with Crippen molar-refractivity contribution in [2.75, 3.05) is 7.05 Å². The smallest absolute Gasteiger partial charge is 0.222 e. The van der Waals surface area contributed by atoms with Crippen LogP contribution < -0.4 is 5.32 Å². The summed E-state index contributed by atoms with van der Waals surface area (Å²) in [7, 11) is 3.77. The number of likely N-dealkylation sites (N-methyl/N-ethyl adjacent to an activating group) is 1. The van der Waals surface area contributed by atoms with E-state index in [1.165, 1.54) is 0 Å². The summed E-state index contributed by atoms with van der Waals surface area (Å²) >= 11 is 0. The van der Waals surface area contributed by atoms with Gasteiger partial charge < -0.3 is 14.7 Å². The summed E-state index contributed by atoms with van der Waals surface area (Å²) in [6.45, 7) is 2.60. The van der Waals surface area contributed by atoms with Gasteiger partial charge in [0.2, 0.25) is 5.91 Å². The highest BCUT2D eigenvalue weighted by molar-refractivity contribution is 5.77. The Bertz CT molecular complexity index is 662. The van der Waals surface area contributed by atoms with E-state index < -0.39 is 0 Å². The van der Waals surface area contributed by atoms with Crippen LogP contribution in [0.5, 0.6) is 0 Å². The Balaban J connectivity index is 1.80. The third kappa shape index (κ3) is 2.64. The van der Waals surface area contributed by atoms with Crippen molar-refractivity contribution in [1.82, 2.24) is 25.2 Å². The number of aryl methyl sites for hydroxylation is 2. The van der Waals surface area contributed by atoms with E-state index in [0.29, 0.717) is 13.0 Å². The van der Waals surface area contributed by atoms with E-state index in [0.717, 1.165) is 23.4 Å². The van der Waals surface area contributed by atoms with E-state index in [1.807, 2.05) is 36.7 Å². The number of rotatable bonds is 4. The molecule has 2 aromatic rings. The van der Waals surface area contributed by atoms with Crippen molar-refractivity contribution in [3.8, 4) is 0 Å². The molecule has 0 aliphatic carbocycles. The number of likely N-dealkylation sites (tertiary alicyclic amines) is 1. The molecule has 2 atom stereocenters. The summed E-state index contributed by atoms with van der Waals surface area (Å²) in [4.78, 5) is 13.9. The van der Waals surface area contributed by atoms with Crippen LogP contribution in [0.2, 0.25) is 0 Å². The number of amides is 1. The van der Waals surface area contributed by atoms with E-state index in [-0.39, 0.29) is 18.0 Å². The van der Waals surface area contributed by atoms with Gasteiger partial charge in [-0.05, 0) is 19.4 Å². The van der Waals surface area contributed by atoms with Gasteiger partial charge in [0.1, 0.15) is 6.26 Å². The average molecular weight is 303 g/mol. The molecule has 1 saturated heterocycles. The number of nitrogens with one attached hydrogen (secondary N) is 1. The van der Waals surface area contributed by atoms with E-state index in [2.05, 4.69) is 15.6 Å². The van der Waals surface area contributed by atoms with Crippen LogP contribution in [0.3, 0.4) is 0 Å². The molecule has 0 aromatic carbocycles. The van der Waals surface area contributed by atoms with Gasteiger partial charge in [-0.3, -0.25) is 9.48 Å². The number of hydrogen-bond acceptors (Lipinski definition) is 5. The second-order valence-corrected chi connectivity index (χ2v) is 5.78. The predicted octanol–water partition coefficient (Wildman–Crippen LogP) is 1.17. The van der Waals surface area contributed by atoms with Crippen LogP contribution in [0.4, 0.5) is 0 Å². The van der Waals surface area contributed by atoms with Gasteiger partial charge in [-0.25, -0.2) is 0 Å². The zero-order chi connectivity index (χ0) is 15.7. The first kappa shape index (κ1) is 14.8. The van der Waals surface area contributed by atoms with Crippen LogP contribution in [0.15, 0.2) is 23.0 Å². The molecule has 0 saturated carbocycles. The van der Waals surface area contributed by atoms with Crippen LogP contribution in [0.25, 0.3) is 0 Å². The molecule has 0 bridgehead atoms. The minimum atomic E-state index is -0.0195. The van der Waals surface area contributed by atoms with Crippen molar-refractivity contribution >= 4 is 5.91 Å². The van der Waals surface area contributed by atoms with Crippen LogP contribution in [0, 0.1) is 6.92 Å². The number of hydrogen-bond donors (Lipinski definition) is 1. The highest BCUT2D eigenvalue weighted by Gasteiger charge is 2.36. The molecule has 0 unspecified atom stereocenters. The lowest BCUT2D eigenvalue weighted by Crippen LogP contribution is -2.49. The summed E-state index contributed by atoms with van der Waals surface area (Å²) in [6, 6.07) is 2.13. The fraction of sp³-hybridized carbons (Fsp3) is 0.533. The first-order valence-corrected chi connectivity index (χ1v) is 7.44. The summed E-state index contributed by atoms with van der Waals surface area (Å²) in [5.74, 6) is 0.172. The average Bonchev–Trinajstić information content (AvgIpc) is 3.09. The summed E-state index contributed by atoms with van der Waals surface area (Å²) in [5.41, 5.74) is 2.98. The fourth-order valence-corrected chi connectivity index (χ4v) is 3.05. The van der Waals surface area contributed by atoms with E-state index in [4.69, 9.17) is 4.52 Å². The lowest BCUT2D eigenvalue weighted by atomic mass is 9.93. The van der Waals surface area contributed by atoms with Gasteiger partial charge in [0.25, 0.3) is 0 Å². The van der Waals surface area contributed by atoms with Crippen molar-refractivity contribution < 1.29 is 9.32 Å². The fourth-order valence-electron chi connectivity index (χ4n) is 3.05. The highest BCUT2D eigenvalue weighted by atomic mass is 16.5. The van der Waals surface area contributed by atoms with Crippen molar-refractivity contribution in [1.29, 1.82) is 0 Å².